The summed E-state index contributed by atoms with van der Waals surface area (Å²) >= 11 is 0. The van der Waals surface area contributed by atoms with Crippen molar-refractivity contribution in [1.29, 1.82) is 5.26 Å². The van der Waals surface area contributed by atoms with Crippen LogP contribution in [-0.2, 0) is 24.2 Å². The van der Waals surface area contributed by atoms with Gasteiger partial charge in [0.05, 0.1) is 19.0 Å². The zero-order valence-electron chi connectivity index (χ0n) is 10.8. The van der Waals surface area contributed by atoms with Gasteiger partial charge in [-0.2, -0.15) is 5.26 Å². The third-order valence-electron chi connectivity index (χ3n) is 3.34. The van der Waals surface area contributed by atoms with E-state index < -0.39 is 0 Å². The molecule has 0 unspecified atom stereocenters. The molecular weight excluding hydrogens is 224 g/mol. The highest BCUT2D eigenvalue weighted by atomic mass is 16.1. The Morgan fingerprint density at radius 1 is 1.39 bits per heavy atom. The van der Waals surface area contributed by atoms with E-state index in [2.05, 4.69) is 18.2 Å². The van der Waals surface area contributed by atoms with Crippen molar-refractivity contribution in [1.82, 2.24) is 4.90 Å². The van der Waals surface area contributed by atoms with Gasteiger partial charge in [-0.3, -0.25) is 9.69 Å². The zero-order valence-corrected chi connectivity index (χ0v) is 10.8. The highest BCUT2D eigenvalue weighted by Crippen LogP contribution is 2.23. The summed E-state index contributed by atoms with van der Waals surface area (Å²) in [5.41, 5.74) is 4.19. The summed E-state index contributed by atoms with van der Waals surface area (Å²) in [4.78, 5) is 13.3. The number of rotatable bonds is 5. The van der Waals surface area contributed by atoms with Crippen LogP contribution in [0.25, 0.3) is 0 Å². The SMILES string of the molecule is CN(CC(=O)CC#N)Cc1ccc2c(c1)CCC2. The third kappa shape index (κ3) is 3.18. The summed E-state index contributed by atoms with van der Waals surface area (Å²) in [5.74, 6) is -0.0128. The Balaban J connectivity index is 1.93. The monoisotopic (exact) mass is 242 g/mol. The Bertz CT molecular complexity index is 488. The van der Waals surface area contributed by atoms with E-state index in [0.29, 0.717) is 6.54 Å². The van der Waals surface area contributed by atoms with Gasteiger partial charge in [0.25, 0.3) is 0 Å². The summed E-state index contributed by atoms with van der Waals surface area (Å²) < 4.78 is 0. The normalized spacial score (nSPS) is 13.4. The van der Waals surface area contributed by atoms with Gasteiger partial charge < -0.3 is 0 Å². The lowest BCUT2D eigenvalue weighted by Crippen LogP contribution is -2.25. The number of aryl methyl sites for hydroxylation is 2. The summed E-state index contributed by atoms with van der Waals surface area (Å²) in [6.07, 6.45) is 3.65. The number of Topliss-reactive ketones (excluding diaryl/α,β-unsaturated/α-hetero) is 1. The van der Waals surface area contributed by atoms with Crippen molar-refractivity contribution in [2.24, 2.45) is 0 Å². The van der Waals surface area contributed by atoms with Gasteiger partial charge in [-0.15, -0.1) is 0 Å². The molecule has 0 N–H and O–H groups in total. The van der Waals surface area contributed by atoms with Crippen LogP contribution in [0.5, 0.6) is 0 Å². The number of nitriles is 1. The molecule has 3 heteroatoms. The van der Waals surface area contributed by atoms with Crippen molar-refractivity contribution in [3.8, 4) is 6.07 Å². The minimum Gasteiger partial charge on any atom is -0.297 e. The van der Waals surface area contributed by atoms with Crippen molar-refractivity contribution in [3.05, 3.63) is 34.9 Å². The highest BCUT2D eigenvalue weighted by Gasteiger charge is 2.12. The quantitative estimate of drug-likeness (QED) is 0.794. The van der Waals surface area contributed by atoms with E-state index in [1.807, 2.05) is 18.0 Å². The van der Waals surface area contributed by atoms with E-state index in [1.165, 1.54) is 36.0 Å². The molecule has 1 aliphatic carbocycles. The summed E-state index contributed by atoms with van der Waals surface area (Å²) in [6, 6.07) is 8.51. The van der Waals surface area contributed by atoms with E-state index in [0.717, 1.165) is 6.54 Å². The molecule has 0 amide bonds. The lowest BCUT2D eigenvalue weighted by atomic mass is 10.1. The minimum absolute atomic E-state index is 0.00846. The van der Waals surface area contributed by atoms with Gasteiger partial charge in [-0.25, -0.2) is 0 Å². The molecular formula is C15H18N2O. The number of carbonyl (C=O) groups is 1. The summed E-state index contributed by atoms with van der Waals surface area (Å²) in [5, 5.41) is 8.46. The molecule has 0 aromatic heterocycles. The van der Waals surface area contributed by atoms with Crippen molar-refractivity contribution in [3.63, 3.8) is 0 Å². The van der Waals surface area contributed by atoms with Crippen LogP contribution in [0.15, 0.2) is 18.2 Å². The average Bonchev–Trinajstić information content (AvgIpc) is 2.76. The number of likely N-dealkylation sites (N-methyl/N-ethyl adjacent to an activating group) is 1. The highest BCUT2D eigenvalue weighted by molar-refractivity contribution is 5.82. The molecule has 18 heavy (non-hydrogen) atoms. The molecule has 0 aliphatic heterocycles. The Morgan fingerprint density at radius 3 is 2.94 bits per heavy atom. The van der Waals surface area contributed by atoms with E-state index in [4.69, 9.17) is 5.26 Å². The lowest BCUT2D eigenvalue weighted by molar-refractivity contribution is -0.119. The van der Waals surface area contributed by atoms with Crippen LogP contribution in [0.2, 0.25) is 0 Å². The van der Waals surface area contributed by atoms with Crippen LogP contribution in [0.4, 0.5) is 0 Å². The zero-order chi connectivity index (χ0) is 13.0. The van der Waals surface area contributed by atoms with E-state index >= 15 is 0 Å². The minimum atomic E-state index is -0.0128. The molecule has 0 atom stereocenters. The Hall–Kier alpha value is -1.66. The van der Waals surface area contributed by atoms with Crippen LogP contribution in [0.1, 0.15) is 29.5 Å². The fraction of sp³-hybridized carbons (Fsp3) is 0.467. The second-order valence-electron chi connectivity index (χ2n) is 5.00. The number of nitrogens with zero attached hydrogens (tertiary/aromatic N) is 2. The van der Waals surface area contributed by atoms with Crippen molar-refractivity contribution in [2.75, 3.05) is 13.6 Å². The Morgan fingerprint density at radius 2 is 2.17 bits per heavy atom. The number of hydrogen-bond donors (Lipinski definition) is 0. The number of benzene rings is 1. The predicted octanol–water partition coefficient (Wildman–Crippen LogP) is 2.09. The molecule has 3 nitrogen and oxygen atoms in total. The smallest absolute Gasteiger partial charge is 0.160 e. The number of hydrogen-bond acceptors (Lipinski definition) is 3. The number of ketones is 1. The molecule has 94 valence electrons. The Labute approximate surface area is 108 Å². The summed E-state index contributed by atoms with van der Waals surface area (Å²) in [6.45, 7) is 1.12. The number of carbonyl (C=O) groups excluding carboxylic acids is 1. The van der Waals surface area contributed by atoms with Gasteiger partial charge >= 0.3 is 0 Å². The Kier molecular flexibility index (Phi) is 4.11. The van der Waals surface area contributed by atoms with Gasteiger partial charge in [0, 0.05) is 6.54 Å². The molecule has 1 aromatic rings. The summed E-state index contributed by atoms with van der Waals surface area (Å²) in [7, 11) is 1.92. The maximum atomic E-state index is 11.4. The molecule has 0 heterocycles. The van der Waals surface area contributed by atoms with Crippen LogP contribution in [0.3, 0.4) is 0 Å². The van der Waals surface area contributed by atoms with E-state index in [9.17, 15) is 4.79 Å². The first-order valence-electron chi connectivity index (χ1n) is 6.37. The molecule has 0 bridgehead atoms. The first kappa shape index (κ1) is 12.8. The maximum absolute atomic E-state index is 11.4. The third-order valence-corrected chi connectivity index (χ3v) is 3.34. The molecule has 0 saturated carbocycles. The molecule has 0 fully saturated rings. The van der Waals surface area contributed by atoms with Gasteiger partial charge in [0.15, 0.2) is 5.78 Å². The van der Waals surface area contributed by atoms with Crippen LogP contribution in [0, 0.1) is 11.3 Å². The molecule has 0 spiro atoms. The maximum Gasteiger partial charge on any atom is 0.160 e. The van der Waals surface area contributed by atoms with Crippen LogP contribution >= 0.6 is 0 Å². The second kappa shape index (κ2) is 5.79. The van der Waals surface area contributed by atoms with Gasteiger partial charge in [0.1, 0.15) is 0 Å². The van der Waals surface area contributed by atoms with Gasteiger partial charge in [0.2, 0.25) is 0 Å². The molecule has 0 radical (unpaired) electrons. The van der Waals surface area contributed by atoms with E-state index in [1.54, 1.807) is 0 Å². The fourth-order valence-electron chi connectivity index (χ4n) is 2.54. The number of fused-ring (bicyclic) bond motifs is 1. The van der Waals surface area contributed by atoms with Crippen LogP contribution < -0.4 is 0 Å². The molecule has 1 aromatic carbocycles. The predicted molar refractivity (Wildman–Crippen MR) is 70.0 cm³/mol. The fourth-order valence-corrected chi connectivity index (χ4v) is 2.54. The van der Waals surface area contributed by atoms with Crippen molar-refractivity contribution in [2.45, 2.75) is 32.2 Å². The first-order valence-corrected chi connectivity index (χ1v) is 6.37. The lowest BCUT2D eigenvalue weighted by Gasteiger charge is -2.15. The van der Waals surface area contributed by atoms with Crippen LogP contribution in [-0.4, -0.2) is 24.3 Å². The molecule has 1 aliphatic rings. The standard InChI is InChI=1S/C15H18N2O/c1-17(11-15(18)7-8-16)10-12-5-6-13-3-2-4-14(13)9-12/h5-6,9H,2-4,7,10-11H2,1H3. The molecule has 2 rings (SSSR count). The van der Waals surface area contributed by atoms with Gasteiger partial charge in [-0.1, -0.05) is 18.2 Å². The van der Waals surface area contributed by atoms with Crippen molar-refractivity contribution < 1.29 is 4.79 Å². The second-order valence-corrected chi connectivity index (χ2v) is 5.00. The van der Waals surface area contributed by atoms with Gasteiger partial charge in [-0.05, 0) is 43.0 Å². The largest absolute Gasteiger partial charge is 0.297 e. The average molecular weight is 242 g/mol. The van der Waals surface area contributed by atoms with Crippen molar-refractivity contribution >= 4 is 5.78 Å². The van der Waals surface area contributed by atoms with E-state index in [-0.39, 0.29) is 12.2 Å². The topological polar surface area (TPSA) is 44.1 Å². The molecule has 0 saturated heterocycles. The first-order chi connectivity index (χ1) is 8.69.